The number of amides is 4. The molecular formula is C31H29N5O6S. The third-order valence-corrected chi connectivity index (χ3v) is 7.61. The first-order valence-corrected chi connectivity index (χ1v) is 14.5. The van der Waals surface area contributed by atoms with Crippen LogP contribution in [-0.4, -0.2) is 32.0 Å². The average Bonchev–Trinajstić information content (AvgIpc) is 2.95. The number of Topliss-reactive ketones (excluding diaryl/α,β-unsaturated/α-hetero) is 2. The Morgan fingerprint density at radius 2 is 1.02 bits per heavy atom. The first-order chi connectivity index (χ1) is 20.4. The Morgan fingerprint density at radius 3 is 1.51 bits per heavy atom. The highest BCUT2D eigenvalue weighted by Gasteiger charge is 2.20. The number of rotatable bonds is 9. The van der Waals surface area contributed by atoms with Gasteiger partial charge >= 0.3 is 12.1 Å². The molecule has 0 bridgehead atoms. The SMILES string of the molecule is CC(=O)c1ccc(NC(=O)Nc2cccc(NS(=O)(=O)c3ccc(C)cc3)c2NC(=O)Nc2ccc(C(C)=O)cc2)cc1. The number of hydrogen-bond acceptors (Lipinski definition) is 6. The van der Waals surface area contributed by atoms with Crippen LogP contribution in [0.4, 0.5) is 38.0 Å². The molecule has 0 saturated carbocycles. The second-order valence-electron chi connectivity index (χ2n) is 9.57. The smallest absolute Gasteiger partial charge is 0.308 e. The van der Waals surface area contributed by atoms with Crippen molar-refractivity contribution in [3.05, 3.63) is 108 Å². The van der Waals surface area contributed by atoms with E-state index in [9.17, 15) is 27.6 Å². The summed E-state index contributed by atoms with van der Waals surface area (Å²) in [5.41, 5.74) is 2.65. The predicted molar refractivity (Wildman–Crippen MR) is 167 cm³/mol. The van der Waals surface area contributed by atoms with Crippen LogP contribution in [0.2, 0.25) is 0 Å². The van der Waals surface area contributed by atoms with Gasteiger partial charge in [-0.05, 0) is 93.6 Å². The van der Waals surface area contributed by atoms with E-state index in [1.165, 1.54) is 44.2 Å². The number of carbonyl (C=O) groups excluding carboxylic acids is 4. The van der Waals surface area contributed by atoms with Gasteiger partial charge in [0.2, 0.25) is 0 Å². The topological polar surface area (TPSA) is 163 Å². The number of sulfonamides is 1. The summed E-state index contributed by atoms with van der Waals surface area (Å²) in [5, 5.41) is 10.5. The molecule has 220 valence electrons. The number of anilines is 5. The normalized spacial score (nSPS) is 10.8. The molecule has 0 fully saturated rings. The fourth-order valence-corrected chi connectivity index (χ4v) is 5.01. The molecule has 0 aromatic heterocycles. The molecule has 0 radical (unpaired) electrons. The highest BCUT2D eigenvalue weighted by Crippen LogP contribution is 2.33. The molecule has 11 nitrogen and oxygen atoms in total. The molecule has 0 saturated heterocycles. The molecule has 43 heavy (non-hydrogen) atoms. The van der Waals surface area contributed by atoms with Crippen LogP contribution in [0, 0.1) is 6.92 Å². The molecule has 0 aliphatic rings. The van der Waals surface area contributed by atoms with Gasteiger partial charge in [0, 0.05) is 22.5 Å². The number of benzene rings is 4. The van der Waals surface area contributed by atoms with Crippen LogP contribution in [0.3, 0.4) is 0 Å². The van der Waals surface area contributed by atoms with Gasteiger partial charge in [0.05, 0.1) is 22.0 Å². The summed E-state index contributed by atoms with van der Waals surface area (Å²) in [7, 11) is -4.07. The van der Waals surface area contributed by atoms with Crippen LogP contribution in [0.15, 0.2) is 95.9 Å². The van der Waals surface area contributed by atoms with Crippen molar-refractivity contribution in [3.63, 3.8) is 0 Å². The van der Waals surface area contributed by atoms with Crippen molar-refractivity contribution in [3.8, 4) is 0 Å². The molecular weight excluding hydrogens is 570 g/mol. The molecule has 4 rings (SSSR count). The van der Waals surface area contributed by atoms with E-state index in [-0.39, 0.29) is 33.5 Å². The average molecular weight is 600 g/mol. The molecule has 4 aromatic rings. The molecule has 0 unspecified atom stereocenters. The Hall–Kier alpha value is -5.49. The van der Waals surface area contributed by atoms with E-state index in [1.54, 1.807) is 60.7 Å². The predicted octanol–water partition coefficient (Wildman–Crippen LogP) is 6.49. The Bertz CT molecular complexity index is 1790. The molecule has 5 N–H and O–H groups in total. The van der Waals surface area contributed by atoms with Crippen LogP contribution in [0.1, 0.15) is 40.1 Å². The minimum Gasteiger partial charge on any atom is -0.308 e. The van der Waals surface area contributed by atoms with E-state index < -0.39 is 22.1 Å². The van der Waals surface area contributed by atoms with Crippen molar-refractivity contribution in [2.75, 3.05) is 26.0 Å². The number of aryl methyl sites for hydroxylation is 1. The largest absolute Gasteiger partial charge is 0.323 e. The number of carbonyl (C=O) groups is 4. The number of urea groups is 2. The summed E-state index contributed by atoms with van der Waals surface area (Å²) in [6.07, 6.45) is 0. The molecule has 4 aromatic carbocycles. The van der Waals surface area contributed by atoms with Crippen LogP contribution in [0.25, 0.3) is 0 Å². The quantitative estimate of drug-likeness (QED) is 0.138. The molecule has 0 atom stereocenters. The molecule has 0 aliphatic carbocycles. The monoisotopic (exact) mass is 599 g/mol. The Balaban J connectivity index is 1.61. The van der Waals surface area contributed by atoms with E-state index in [2.05, 4.69) is 26.0 Å². The number of para-hydroxylation sites is 1. The number of nitrogens with one attached hydrogen (secondary N) is 5. The van der Waals surface area contributed by atoms with Gasteiger partial charge in [0.15, 0.2) is 11.6 Å². The van der Waals surface area contributed by atoms with E-state index >= 15 is 0 Å². The summed E-state index contributed by atoms with van der Waals surface area (Å²) < 4.78 is 28.9. The third kappa shape index (κ3) is 8.05. The molecule has 4 amide bonds. The number of ketones is 2. The van der Waals surface area contributed by atoms with Crippen LogP contribution in [-0.2, 0) is 10.0 Å². The standard InChI is InChI=1S/C31H29N5O6S/c1-19-7-17-26(18-8-19)43(41,42)36-28-6-4-5-27(34-30(39)32-24-13-9-22(10-14-24)20(2)37)29(28)35-31(40)33-25-15-11-23(12-16-25)21(3)38/h4-18,36H,1-3H3,(H2,32,34,39)(H2,33,35,40). The summed E-state index contributed by atoms with van der Waals surface area (Å²) in [4.78, 5) is 49.0. The fraction of sp³-hybridized carbons (Fsp3) is 0.0968. The maximum Gasteiger partial charge on any atom is 0.323 e. The molecule has 12 heteroatoms. The van der Waals surface area contributed by atoms with Gasteiger partial charge in [-0.1, -0.05) is 23.8 Å². The summed E-state index contributed by atoms with van der Waals surface area (Å²) in [6, 6.07) is 21.7. The van der Waals surface area contributed by atoms with Crippen LogP contribution in [0.5, 0.6) is 0 Å². The van der Waals surface area contributed by atoms with E-state index in [1.807, 2.05) is 6.92 Å². The Labute approximate surface area is 248 Å². The lowest BCUT2D eigenvalue weighted by molar-refractivity contribution is 0.100. The van der Waals surface area contributed by atoms with Crippen molar-refractivity contribution in [1.29, 1.82) is 0 Å². The van der Waals surface area contributed by atoms with E-state index in [4.69, 9.17) is 0 Å². The Morgan fingerprint density at radius 1 is 0.558 bits per heavy atom. The van der Waals surface area contributed by atoms with Crippen LogP contribution >= 0.6 is 0 Å². The molecule has 0 heterocycles. The lowest BCUT2D eigenvalue weighted by atomic mass is 10.1. The summed E-state index contributed by atoms with van der Waals surface area (Å²) in [5.74, 6) is -0.251. The zero-order chi connectivity index (χ0) is 31.1. The minimum absolute atomic E-state index is 0.00387. The van der Waals surface area contributed by atoms with E-state index in [0.29, 0.717) is 22.5 Å². The van der Waals surface area contributed by atoms with Gasteiger partial charge in [-0.15, -0.1) is 0 Å². The second kappa shape index (κ2) is 13.0. The van der Waals surface area contributed by atoms with Gasteiger partial charge in [0.25, 0.3) is 10.0 Å². The van der Waals surface area contributed by atoms with Crippen molar-refractivity contribution in [2.45, 2.75) is 25.7 Å². The second-order valence-corrected chi connectivity index (χ2v) is 11.3. The number of hydrogen-bond donors (Lipinski definition) is 5. The van der Waals surface area contributed by atoms with Gasteiger partial charge < -0.3 is 21.3 Å². The maximum absolute atomic E-state index is 13.2. The Kier molecular flexibility index (Phi) is 9.21. The van der Waals surface area contributed by atoms with Crippen molar-refractivity contribution in [1.82, 2.24) is 0 Å². The first kappa shape index (κ1) is 30.5. The molecule has 0 aliphatic heterocycles. The molecule has 0 spiro atoms. The maximum atomic E-state index is 13.2. The first-order valence-electron chi connectivity index (χ1n) is 13.0. The highest BCUT2D eigenvalue weighted by molar-refractivity contribution is 7.92. The summed E-state index contributed by atoms with van der Waals surface area (Å²) >= 11 is 0. The van der Waals surface area contributed by atoms with Gasteiger partial charge in [-0.2, -0.15) is 0 Å². The lowest BCUT2D eigenvalue weighted by Gasteiger charge is -2.18. The minimum atomic E-state index is -4.07. The lowest BCUT2D eigenvalue weighted by Crippen LogP contribution is -2.24. The van der Waals surface area contributed by atoms with E-state index in [0.717, 1.165) is 5.56 Å². The van der Waals surface area contributed by atoms with Crippen LogP contribution < -0.4 is 26.0 Å². The van der Waals surface area contributed by atoms with Gasteiger partial charge in [-0.25, -0.2) is 18.0 Å². The van der Waals surface area contributed by atoms with Crippen molar-refractivity contribution < 1.29 is 27.6 Å². The van der Waals surface area contributed by atoms with Gasteiger partial charge in [0.1, 0.15) is 0 Å². The summed E-state index contributed by atoms with van der Waals surface area (Å²) in [6.45, 7) is 4.69. The zero-order valence-corrected chi connectivity index (χ0v) is 24.3. The highest BCUT2D eigenvalue weighted by atomic mass is 32.2. The van der Waals surface area contributed by atoms with Crippen molar-refractivity contribution in [2.24, 2.45) is 0 Å². The van der Waals surface area contributed by atoms with Gasteiger partial charge in [-0.3, -0.25) is 14.3 Å². The zero-order valence-electron chi connectivity index (χ0n) is 23.5. The fourth-order valence-electron chi connectivity index (χ4n) is 3.93. The third-order valence-electron chi connectivity index (χ3n) is 6.23. The van der Waals surface area contributed by atoms with Crippen molar-refractivity contribution >= 4 is 62.1 Å².